The van der Waals surface area contributed by atoms with Crippen LogP contribution >= 0.6 is 11.8 Å². The molecule has 2 aromatic carbocycles. The third-order valence-electron chi connectivity index (χ3n) is 8.26. The van der Waals surface area contributed by atoms with E-state index < -0.39 is 0 Å². The number of hydrogen-bond donors (Lipinski definition) is 0. The van der Waals surface area contributed by atoms with Crippen LogP contribution in [0.1, 0.15) is 46.9 Å². The van der Waals surface area contributed by atoms with Gasteiger partial charge >= 0.3 is 5.97 Å². The van der Waals surface area contributed by atoms with Gasteiger partial charge in [0.25, 0.3) is 5.91 Å². The van der Waals surface area contributed by atoms with Crippen LogP contribution < -0.4 is 14.5 Å². The number of nitrogens with zero attached hydrogens (tertiary/aromatic N) is 5. The lowest BCUT2D eigenvalue weighted by Gasteiger charge is -2.37. The van der Waals surface area contributed by atoms with Crippen LogP contribution in [0.5, 0.6) is 5.75 Å². The highest BCUT2D eigenvalue weighted by atomic mass is 32.2. The topological polar surface area (TPSA) is 88.1 Å². The number of aryl methyl sites for hydroxylation is 1. The van der Waals surface area contributed by atoms with E-state index in [0.29, 0.717) is 31.0 Å². The van der Waals surface area contributed by atoms with Crippen LogP contribution in [0.3, 0.4) is 0 Å². The summed E-state index contributed by atoms with van der Waals surface area (Å²) in [5.41, 5.74) is 5.05. The molecule has 0 saturated carbocycles. The van der Waals surface area contributed by atoms with Crippen molar-refractivity contribution in [3.05, 3.63) is 70.9 Å². The van der Waals surface area contributed by atoms with Gasteiger partial charge in [-0.2, -0.15) is 0 Å². The number of ether oxygens (including phenoxy) is 2. The van der Waals surface area contributed by atoms with Gasteiger partial charge in [-0.05, 0) is 75.6 Å². The van der Waals surface area contributed by atoms with Gasteiger partial charge in [0.05, 0.1) is 19.6 Å². The normalized spacial score (nSPS) is 17.1. The monoisotopic (exact) mass is 603 g/mol. The van der Waals surface area contributed by atoms with Crippen LogP contribution in [0.15, 0.2) is 53.7 Å². The second kappa shape index (κ2) is 14.1. The molecule has 0 aliphatic carbocycles. The molecule has 228 valence electrons. The van der Waals surface area contributed by atoms with Crippen LogP contribution in [-0.4, -0.2) is 79.7 Å². The lowest BCUT2D eigenvalue weighted by atomic mass is 9.97. The minimum absolute atomic E-state index is 0.0394. The van der Waals surface area contributed by atoms with Crippen LogP contribution in [0.25, 0.3) is 0 Å². The predicted molar refractivity (Wildman–Crippen MR) is 170 cm³/mol. The number of methoxy groups -OCH3 is 1. The van der Waals surface area contributed by atoms with Crippen molar-refractivity contribution in [1.29, 1.82) is 0 Å². The molecule has 0 bridgehead atoms. The Balaban J connectivity index is 1.17. The standard InChI is InChI=1S/C33H41N5O4S/c1-5-42-32(40)27-7-6-16-38(21-27)31(39)26-10-8-25(9-11-26)22-43-33-34-24(3)23(2)30(35-33)37-19-17-36(18-20-37)28-12-14-29(41-4)15-13-28/h8-15,27H,5-7,16-22H2,1-4H3. The summed E-state index contributed by atoms with van der Waals surface area (Å²) in [5.74, 6) is 2.09. The fourth-order valence-electron chi connectivity index (χ4n) is 5.62. The molecule has 10 heteroatoms. The smallest absolute Gasteiger partial charge is 0.310 e. The summed E-state index contributed by atoms with van der Waals surface area (Å²) in [6.45, 7) is 11.0. The number of carbonyl (C=O) groups excluding carboxylic acids is 2. The quantitative estimate of drug-likeness (QED) is 0.188. The SMILES string of the molecule is CCOC(=O)C1CCCN(C(=O)c2ccc(CSc3nc(C)c(C)c(N4CCN(c5ccc(OC)cc5)CC4)n3)cc2)C1. The Labute approximate surface area is 258 Å². The van der Waals surface area contributed by atoms with Gasteiger partial charge < -0.3 is 24.2 Å². The van der Waals surface area contributed by atoms with Gasteiger partial charge in [-0.15, -0.1) is 0 Å². The Morgan fingerprint density at radius 1 is 0.930 bits per heavy atom. The average molecular weight is 604 g/mol. The number of thioether (sulfide) groups is 1. The summed E-state index contributed by atoms with van der Waals surface area (Å²) < 4.78 is 10.5. The zero-order valence-corrected chi connectivity index (χ0v) is 26.4. The summed E-state index contributed by atoms with van der Waals surface area (Å²) in [6.07, 6.45) is 1.57. The molecule has 0 spiro atoms. The van der Waals surface area contributed by atoms with Gasteiger partial charge in [-0.3, -0.25) is 9.59 Å². The van der Waals surface area contributed by atoms with Crippen LogP contribution in [-0.2, 0) is 15.3 Å². The zero-order valence-electron chi connectivity index (χ0n) is 25.5. The zero-order chi connectivity index (χ0) is 30.3. The molecular formula is C33H41N5O4S. The van der Waals surface area contributed by atoms with Gasteiger partial charge in [0, 0.05) is 67.5 Å². The second-order valence-corrected chi connectivity index (χ2v) is 12.0. The number of piperidine rings is 1. The number of aromatic nitrogens is 2. The molecule has 2 saturated heterocycles. The number of benzene rings is 2. The van der Waals surface area contributed by atoms with Crippen molar-refractivity contribution in [1.82, 2.24) is 14.9 Å². The Bertz CT molecular complexity index is 1410. The van der Waals surface area contributed by atoms with Crippen molar-refractivity contribution < 1.29 is 19.1 Å². The Hall–Kier alpha value is -3.79. The summed E-state index contributed by atoms with van der Waals surface area (Å²) in [6, 6.07) is 16.0. The second-order valence-electron chi connectivity index (χ2n) is 11.0. The molecule has 43 heavy (non-hydrogen) atoms. The number of carbonyl (C=O) groups is 2. The van der Waals surface area contributed by atoms with Crippen LogP contribution in [0, 0.1) is 19.8 Å². The highest BCUT2D eigenvalue weighted by molar-refractivity contribution is 7.98. The number of piperazine rings is 1. The first-order chi connectivity index (χ1) is 20.9. The molecule has 5 rings (SSSR count). The summed E-state index contributed by atoms with van der Waals surface area (Å²) >= 11 is 1.61. The van der Waals surface area contributed by atoms with E-state index in [1.807, 2.05) is 43.3 Å². The largest absolute Gasteiger partial charge is 0.497 e. The molecule has 9 nitrogen and oxygen atoms in total. The lowest BCUT2D eigenvalue weighted by Crippen LogP contribution is -2.47. The highest BCUT2D eigenvalue weighted by Gasteiger charge is 2.30. The minimum atomic E-state index is -0.242. The van der Waals surface area contributed by atoms with E-state index in [2.05, 4.69) is 28.9 Å². The van der Waals surface area contributed by atoms with Crippen molar-refractivity contribution in [3.8, 4) is 5.75 Å². The minimum Gasteiger partial charge on any atom is -0.497 e. The number of hydrogen-bond acceptors (Lipinski definition) is 9. The number of esters is 1. The van der Waals surface area contributed by atoms with Crippen molar-refractivity contribution in [3.63, 3.8) is 0 Å². The third kappa shape index (κ3) is 7.41. The number of amides is 1. The molecule has 1 atom stereocenters. The molecule has 3 heterocycles. The maximum absolute atomic E-state index is 13.1. The Kier molecular flexibility index (Phi) is 10.1. The van der Waals surface area contributed by atoms with Crippen molar-refractivity contribution in [2.45, 2.75) is 44.5 Å². The maximum Gasteiger partial charge on any atom is 0.310 e. The van der Waals surface area contributed by atoms with E-state index in [1.54, 1.807) is 30.7 Å². The molecular weight excluding hydrogens is 562 g/mol. The molecule has 2 fully saturated rings. The molecule has 3 aromatic rings. The number of rotatable bonds is 9. The van der Waals surface area contributed by atoms with Gasteiger partial charge in [-0.1, -0.05) is 23.9 Å². The summed E-state index contributed by atoms with van der Waals surface area (Å²) in [4.78, 5) is 41.6. The van der Waals surface area contributed by atoms with Crippen LogP contribution in [0.4, 0.5) is 11.5 Å². The van der Waals surface area contributed by atoms with E-state index in [-0.39, 0.29) is 17.8 Å². The van der Waals surface area contributed by atoms with Gasteiger partial charge in [0.2, 0.25) is 0 Å². The number of anilines is 2. The van der Waals surface area contributed by atoms with Gasteiger partial charge in [0.15, 0.2) is 5.16 Å². The molecule has 2 aliphatic rings. The summed E-state index contributed by atoms with van der Waals surface area (Å²) in [5, 5.41) is 0.758. The molecule has 0 radical (unpaired) electrons. The van der Waals surface area contributed by atoms with Crippen molar-refractivity contribution in [2.24, 2.45) is 5.92 Å². The molecule has 1 aromatic heterocycles. The van der Waals surface area contributed by atoms with E-state index in [9.17, 15) is 9.59 Å². The van der Waals surface area contributed by atoms with E-state index in [1.165, 1.54) is 5.69 Å². The number of likely N-dealkylation sites (tertiary alicyclic amines) is 1. The van der Waals surface area contributed by atoms with Gasteiger partial charge in [0.1, 0.15) is 11.6 Å². The first-order valence-corrected chi connectivity index (χ1v) is 16.0. The highest BCUT2D eigenvalue weighted by Crippen LogP contribution is 2.28. The summed E-state index contributed by atoms with van der Waals surface area (Å²) in [7, 11) is 1.69. The lowest BCUT2D eigenvalue weighted by molar-refractivity contribution is -0.149. The van der Waals surface area contributed by atoms with Crippen molar-refractivity contribution in [2.75, 3.05) is 62.8 Å². The third-order valence-corrected chi connectivity index (χ3v) is 9.18. The van der Waals surface area contributed by atoms with E-state index >= 15 is 0 Å². The maximum atomic E-state index is 13.1. The van der Waals surface area contributed by atoms with Crippen LogP contribution in [0.2, 0.25) is 0 Å². The van der Waals surface area contributed by atoms with E-state index in [4.69, 9.17) is 19.4 Å². The Morgan fingerprint density at radius 3 is 2.30 bits per heavy atom. The Morgan fingerprint density at radius 2 is 1.63 bits per heavy atom. The molecule has 0 N–H and O–H groups in total. The fraction of sp³-hybridized carbons (Fsp3) is 0.455. The van der Waals surface area contributed by atoms with Crippen molar-refractivity contribution >= 4 is 35.1 Å². The fourth-order valence-corrected chi connectivity index (χ4v) is 6.46. The van der Waals surface area contributed by atoms with Gasteiger partial charge in [-0.25, -0.2) is 9.97 Å². The first-order valence-electron chi connectivity index (χ1n) is 15.0. The van der Waals surface area contributed by atoms with E-state index in [0.717, 1.165) is 72.6 Å². The molecule has 1 amide bonds. The predicted octanol–water partition coefficient (Wildman–Crippen LogP) is 5.14. The molecule has 1 unspecified atom stereocenters. The average Bonchev–Trinajstić information content (AvgIpc) is 3.05. The molecule has 2 aliphatic heterocycles. The first kappa shape index (κ1) is 30.7.